The van der Waals surface area contributed by atoms with Crippen LogP contribution < -0.4 is 10.6 Å². The zero-order valence-corrected chi connectivity index (χ0v) is 19.4. The highest BCUT2D eigenvalue weighted by atomic mass is 19.2. The molecule has 0 bridgehead atoms. The summed E-state index contributed by atoms with van der Waals surface area (Å²) in [5.41, 5.74) is 5.58. The standard InChI is InChI=1S/C26H28F2N6/c1-16-5-3-6-17(2)23(16)25-32-22-14-31-26(30-13-18-8-9-20(27)21(28)11-18)33-24(22)34(25)15-19-7-4-10-29-12-19/h3,5-6,8-9,11,14,19,29H,4,7,10,12-13,15H2,1-2H3,(H,30,31,33)/t19-/m1/s1. The molecule has 176 valence electrons. The quantitative estimate of drug-likeness (QED) is 0.422. The van der Waals surface area contributed by atoms with Crippen molar-refractivity contribution in [2.24, 2.45) is 5.92 Å². The Morgan fingerprint density at radius 1 is 1.09 bits per heavy atom. The maximum atomic E-state index is 13.6. The van der Waals surface area contributed by atoms with Crippen LogP contribution >= 0.6 is 0 Å². The Morgan fingerprint density at radius 2 is 1.91 bits per heavy atom. The predicted molar refractivity (Wildman–Crippen MR) is 130 cm³/mol. The van der Waals surface area contributed by atoms with E-state index >= 15 is 0 Å². The molecule has 0 spiro atoms. The summed E-state index contributed by atoms with van der Waals surface area (Å²) in [5.74, 6) is 0.0915. The van der Waals surface area contributed by atoms with Crippen LogP contribution in [0.3, 0.4) is 0 Å². The molecule has 2 N–H and O–H groups in total. The Balaban J connectivity index is 1.52. The Kier molecular flexibility index (Phi) is 6.24. The number of rotatable bonds is 6. The SMILES string of the molecule is Cc1cccc(C)c1-c1nc2cnc(NCc3ccc(F)c(F)c3)nc2n1C[C@@H]1CCCNC1. The Hall–Kier alpha value is -3.39. The molecule has 2 aromatic carbocycles. The zero-order valence-electron chi connectivity index (χ0n) is 19.4. The lowest BCUT2D eigenvalue weighted by atomic mass is 9.98. The van der Waals surface area contributed by atoms with Gasteiger partial charge in [0, 0.05) is 18.7 Å². The van der Waals surface area contributed by atoms with Crippen LogP contribution in [-0.2, 0) is 13.1 Å². The third-order valence-electron chi connectivity index (χ3n) is 6.47. The first-order chi connectivity index (χ1) is 16.5. The highest BCUT2D eigenvalue weighted by Crippen LogP contribution is 2.31. The van der Waals surface area contributed by atoms with Crippen molar-refractivity contribution in [3.05, 3.63) is 70.9 Å². The second-order valence-electron chi connectivity index (χ2n) is 9.03. The number of hydrogen-bond acceptors (Lipinski definition) is 5. The molecule has 1 fully saturated rings. The van der Waals surface area contributed by atoms with Crippen molar-refractivity contribution in [2.75, 3.05) is 18.4 Å². The minimum Gasteiger partial charge on any atom is -0.350 e. The van der Waals surface area contributed by atoms with Crippen LogP contribution in [0.1, 0.15) is 29.5 Å². The molecule has 5 rings (SSSR count). The molecule has 34 heavy (non-hydrogen) atoms. The van der Waals surface area contributed by atoms with Gasteiger partial charge in [-0.05, 0) is 74.5 Å². The van der Waals surface area contributed by atoms with Crippen molar-refractivity contribution < 1.29 is 8.78 Å². The van der Waals surface area contributed by atoms with Crippen LogP contribution in [-0.4, -0.2) is 32.6 Å². The van der Waals surface area contributed by atoms with Gasteiger partial charge in [-0.3, -0.25) is 0 Å². The van der Waals surface area contributed by atoms with Crippen molar-refractivity contribution in [1.82, 2.24) is 24.8 Å². The molecular weight excluding hydrogens is 434 g/mol. The molecule has 6 nitrogen and oxygen atoms in total. The molecule has 1 aliphatic heterocycles. The largest absolute Gasteiger partial charge is 0.350 e. The third-order valence-corrected chi connectivity index (χ3v) is 6.47. The molecule has 0 unspecified atom stereocenters. The van der Waals surface area contributed by atoms with Gasteiger partial charge in [0.2, 0.25) is 5.95 Å². The van der Waals surface area contributed by atoms with Crippen LogP contribution in [0, 0.1) is 31.4 Å². The highest BCUT2D eigenvalue weighted by molar-refractivity contribution is 5.79. The Bertz CT molecular complexity index is 1310. The average molecular weight is 463 g/mol. The maximum Gasteiger partial charge on any atom is 0.225 e. The van der Waals surface area contributed by atoms with Gasteiger partial charge in [0.15, 0.2) is 17.3 Å². The van der Waals surface area contributed by atoms with Crippen molar-refractivity contribution in [1.29, 1.82) is 0 Å². The van der Waals surface area contributed by atoms with E-state index in [-0.39, 0.29) is 6.54 Å². The number of halogens is 2. The van der Waals surface area contributed by atoms with Gasteiger partial charge >= 0.3 is 0 Å². The molecule has 8 heteroatoms. The van der Waals surface area contributed by atoms with Crippen LogP contribution in [0.5, 0.6) is 0 Å². The molecule has 3 heterocycles. The number of nitrogens with zero attached hydrogens (tertiary/aromatic N) is 4. The normalized spacial score (nSPS) is 16.2. The summed E-state index contributed by atoms with van der Waals surface area (Å²) in [7, 11) is 0. The van der Waals surface area contributed by atoms with Crippen LogP contribution in [0.2, 0.25) is 0 Å². The maximum absolute atomic E-state index is 13.6. The molecule has 1 aliphatic rings. The van der Waals surface area contributed by atoms with E-state index in [1.54, 1.807) is 12.3 Å². The summed E-state index contributed by atoms with van der Waals surface area (Å²) in [6.45, 7) is 7.34. The van der Waals surface area contributed by atoms with Gasteiger partial charge in [0.05, 0.1) is 6.20 Å². The first kappa shape index (κ1) is 22.4. The second kappa shape index (κ2) is 9.46. The molecule has 0 aliphatic carbocycles. The van der Waals surface area contributed by atoms with Gasteiger partial charge in [-0.15, -0.1) is 0 Å². The van der Waals surface area contributed by atoms with Gasteiger partial charge < -0.3 is 15.2 Å². The van der Waals surface area contributed by atoms with E-state index in [1.807, 2.05) is 0 Å². The summed E-state index contributed by atoms with van der Waals surface area (Å²) in [4.78, 5) is 14.2. The number of hydrogen-bond donors (Lipinski definition) is 2. The summed E-state index contributed by atoms with van der Waals surface area (Å²) in [6.07, 6.45) is 4.04. The second-order valence-corrected chi connectivity index (χ2v) is 9.03. The Labute approximate surface area is 197 Å². The van der Waals surface area contributed by atoms with Gasteiger partial charge in [0.1, 0.15) is 11.3 Å². The predicted octanol–water partition coefficient (Wildman–Crippen LogP) is 5.00. The van der Waals surface area contributed by atoms with E-state index in [2.05, 4.69) is 52.2 Å². The lowest BCUT2D eigenvalue weighted by Crippen LogP contribution is -2.32. The van der Waals surface area contributed by atoms with Crippen molar-refractivity contribution >= 4 is 17.1 Å². The topological polar surface area (TPSA) is 67.7 Å². The number of nitrogens with one attached hydrogen (secondary N) is 2. The van der Waals surface area contributed by atoms with Gasteiger partial charge in [-0.2, -0.15) is 4.98 Å². The van der Waals surface area contributed by atoms with E-state index in [1.165, 1.54) is 17.2 Å². The summed E-state index contributed by atoms with van der Waals surface area (Å²) >= 11 is 0. The first-order valence-electron chi connectivity index (χ1n) is 11.7. The number of imidazole rings is 1. The zero-order chi connectivity index (χ0) is 23.7. The monoisotopic (exact) mass is 462 g/mol. The lowest BCUT2D eigenvalue weighted by molar-refractivity contribution is 0.341. The minimum absolute atomic E-state index is 0.285. The van der Waals surface area contributed by atoms with Crippen LogP contribution in [0.4, 0.5) is 14.7 Å². The molecule has 4 aromatic rings. The number of aryl methyl sites for hydroxylation is 2. The minimum atomic E-state index is -0.868. The fourth-order valence-electron chi connectivity index (χ4n) is 4.70. The van der Waals surface area contributed by atoms with E-state index < -0.39 is 11.6 Å². The van der Waals surface area contributed by atoms with Gasteiger partial charge in [0.25, 0.3) is 0 Å². The summed E-state index contributed by atoms with van der Waals surface area (Å²) in [6, 6.07) is 10.1. The van der Waals surface area contributed by atoms with E-state index in [0.717, 1.165) is 61.1 Å². The third kappa shape index (κ3) is 4.50. The van der Waals surface area contributed by atoms with E-state index in [4.69, 9.17) is 9.97 Å². The first-order valence-corrected chi connectivity index (χ1v) is 11.7. The molecule has 0 amide bonds. The summed E-state index contributed by atoms with van der Waals surface area (Å²) < 4.78 is 29.0. The summed E-state index contributed by atoms with van der Waals surface area (Å²) in [5, 5.41) is 6.64. The lowest BCUT2D eigenvalue weighted by Gasteiger charge is -2.24. The van der Waals surface area contributed by atoms with Gasteiger partial charge in [-0.25, -0.2) is 18.7 Å². The van der Waals surface area contributed by atoms with E-state index in [0.29, 0.717) is 17.4 Å². The number of anilines is 1. The molecular formula is C26H28F2N6. The molecule has 1 saturated heterocycles. The number of benzene rings is 2. The van der Waals surface area contributed by atoms with Crippen LogP contribution in [0.15, 0.2) is 42.6 Å². The average Bonchev–Trinajstić information content (AvgIpc) is 3.17. The smallest absolute Gasteiger partial charge is 0.225 e. The Morgan fingerprint density at radius 3 is 2.65 bits per heavy atom. The molecule has 1 atom stereocenters. The van der Waals surface area contributed by atoms with Gasteiger partial charge in [-0.1, -0.05) is 24.3 Å². The van der Waals surface area contributed by atoms with Crippen molar-refractivity contribution in [3.8, 4) is 11.4 Å². The fourth-order valence-corrected chi connectivity index (χ4v) is 4.70. The number of piperidine rings is 1. The van der Waals surface area contributed by atoms with Crippen LogP contribution in [0.25, 0.3) is 22.6 Å². The number of fused-ring (bicyclic) bond motifs is 1. The number of aromatic nitrogens is 4. The fraction of sp³-hybridized carbons (Fsp3) is 0.346. The molecule has 2 aromatic heterocycles. The van der Waals surface area contributed by atoms with Crippen molar-refractivity contribution in [2.45, 2.75) is 39.8 Å². The van der Waals surface area contributed by atoms with Crippen molar-refractivity contribution in [3.63, 3.8) is 0 Å². The molecule has 0 radical (unpaired) electrons. The molecule has 0 saturated carbocycles. The van der Waals surface area contributed by atoms with E-state index in [9.17, 15) is 8.78 Å². The highest BCUT2D eigenvalue weighted by Gasteiger charge is 2.22.